The van der Waals surface area contributed by atoms with Gasteiger partial charge in [0.25, 0.3) is 0 Å². The van der Waals surface area contributed by atoms with Gasteiger partial charge in [-0.05, 0) is 68.1 Å². The Bertz CT molecular complexity index is 656. The van der Waals surface area contributed by atoms with E-state index in [2.05, 4.69) is 19.9 Å². The molecule has 0 aromatic rings. The van der Waals surface area contributed by atoms with Gasteiger partial charge in [0.05, 0.1) is 12.2 Å². The zero-order chi connectivity index (χ0) is 16.9. The summed E-state index contributed by atoms with van der Waals surface area (Å²) >= 11 is 0. The maximum absolute atomic E-state index is 12.4. The van der Waals surface area contributed by atoms with Crippen LogP contribution in [0.1, 0.15) is 58.8 Å². The van der Waals surface area contributed by atoms with E-state index in [9.17, 15) is 15.2 Å². The van der Waals surface area contributed by atoms with Crippen molar-refractivity contribution in [2.45, 2.75) is 76.6 Å². The SMILES string of the molecule is C[C@]12CCC3[C@@H](CC[C@@]45O[C@@H]4C(=O)C(C#N)C[C@]35C)C1CC[C@@H]2O. The van der Waals surface area contributed by atoms with Crippen LogP contribution in [0.3, 0.4) is 0 Å². The summed E-state index contributed by atoms with van der Waals surface area (Å²) in [6.45, 7) is 4.59. The van der Waals surface area contributed by atoms with Gasteiger partial charge in [-0.1, -0.05) is 13.8 Å². The highest BCUT2D eigenvalue weighted by molar-refractivity contribution is 5.92. The molecule has 1 heterocycles. The van der Waals surface area contributed by atoms with Crippen LogP contribution in [-0.4, -0.2) is 28.7 Å². The van der Waals surface area contributed by atoms with E-state index < -0.39 is 5.92 Å². The molecule has 4 saturated carbocycles. The molecule has 0 aromatic heterocycles. The minimum atomic E-state index is -0.489. The lowest BCUT2D eigenvalue weighted by molar-refractivity contribution is -0.138. The van der Waals surface area contributed by atoms with E-state index in [0.29, 0.717) is 24.2 Å². The Hall–Kier alpha value is -0.920. The zero-order valence-corrected chi connectivity index (χ0v) is 14.6. The fourth-order valence-corrected chi connectivity index (χ4v) is 7.66. The van der Waals surface area contributed by atoms with Crippen LogP contribution in [0, 0.1) is 45.8 Å². The molecule has 0 aromatic carbocycles. The first-order valence-corrected chi connectivity index (χ1v) is 9.67. The lowest BCUT2D eigenvalue weighted by Crippen LogP contribution is -2.59. The molecule has 1 spiro atoms. The van der Waals surface area contributed by atoms with E-state index in [-0.39, 0.29) is 34.4 Å². The topological polar surface area (TPSA) is 73.6 Å². The molecule has 0 amide bonds. The highest BCUT2D eigenvalue weighted by Gasteiger charge is 2.78. The van der Waals surface area contributed by atoms with Gasteiger partial charge in [0.1, 0.15) is 17.6 Å². The van der Waals surface area contributed by atoms with E-state index in [1.54, 1.807) is 0 Å². The third-order valence-electron chi connectivity index (χ3n) is 9.10. The molecule has 4 heteroatoms. The molecule has 4 aliphatic carbocycles. The number of carbonyl (C=O) groups is 1. The van der Waals surface area contributed by atoms with Gasteiger partial charge in [0.15, 0.2) is 5.78 Å². The van der Waals surface area contributed by atoms with Gasteiger partial charge in [-0.3, -0.25) is 4.79 Å². The van der Waals surface area contributed by atoms with Crippen LogP contribution in [0.4, 0.5) is 0 Å². The van der Waals surface area contributed by atoms with Crippen molar-refractivity contribution in [1.82, 2.24) is 0 Å². The Morgan fingerprint density at radius 3 is 2.71 bits per heavy atom. The van der Waals surface area contributed by atoms with Crippen LogP contribution in [0.15, 0.2) is 0 Å². The lowest BCUT2D eigenvalue weighted by atomic mass is 9.44. The number of epoxide rings is 1. The molecular formula is C20H27NO3. The molecule has 24 heavy (non-hydrogen) atoms. The van der Waals surface area contributed by atoms with Crippen molar-refractivity contribution >= 4 is 5.78 Å². The molecule has 1 N–H and O–H groups in total. The number of nitrogens with zero attached hydrogens (tertiary/aromatic N) is 1. The van der Waals surface area contributed by atoms with Crippen LogP contribution >= 0.6 is 0 Å². The third kappa shape index (κ3) is 1.51. The molecule has 9 atom stereocenters. The molecule has 1 saturated heterocycles. The Balaban J connectivity index is 1.53. The van der Waals surface area contributed by atoms with Gasteiger partial charge in [-0.15, -0.1) is 0 Å². The Morgan fingerprint density at radius 2 is 1.96 bits per heavy atom. The normalized spacial score (nSPS) is 61.2. The number of ether oxygens (including phenoxy) is 1. The van der Waals surface area contributed by atoms with Crippen molar-refractivity contribution in [3.05, 3.63) is 0 Å². The van der Waals surface area contributed by atoms with E-state index in [1.807, 2.05) is 0 Å². The van der Waals surface area contributed by atoms with Crippen molar-refractivity contribution in [3.63, 3.8) is 0 Å². The van der Waals surface area contributed by atoms with Crippen LogP contribution in [0.5, 0.6) is 0 Å². The van der Waals surface area contributed by atoms with Crippen molar-refractivity contribution < 1.29 is 14.6 Å². The highest BCUT2D eigenvalue weighted by Crippen LogP contribution is 2.72. The fraction of sp³-hybridized carbons (Fsp3) is 0.900. The first-order valence-electron chi connectivity index (χ1n) is 9.67. The highest BCUT2D eigenvalue weighted by atomic mass is 16.6. The van der Waals surface area contributed by atoms with Crippen molar-refractivity contribution in [2.75, 3.05) is 0 Å². The van der Waals surface area contributed by atoms with Crippen LogP contribution in [0.2, 0.25) is 0 Å². The minimum absolute atomic E-state index is 0.0327. The molecule has 3 unspecified atom stereocenters. The standard InChI is InChI=1S/C20H27NO3/c1-18-7-6-14-12(13(18)3-4-15(18)22)5-8-20-17(24-20)16(23)11(10-21)9-19(14,20)2/h11-15,17,22H,3-9H2,1-2H3/t11?,12-,13?,14?,15-,17+,18-,19+,20+/m0/s1. The molecule has 4 nitrogen and oxygen atoms in total. The summed E-state index contributed by atoms with van der Waals surface area (Å²) in [5.41, 5.74) is -0.252. The largest absolute Gasteiger partial charge is 0.393 e. The van der Waals surface area contributed by atoms with Gasteiger partial charge in [-0.25, -0.2) is 0 Å². The summed E-state index contributed by atoms with van der Waals surface area (Å²) in [5.74, 6) is 1.29. The van der Waals surface area contributed by atoms with Crippen molar-refractivity contribution in [3.8, 4) is 6.07 Å². The summed E-state index contributed by atoms with van der Waals surface area (Å²) in [6, 6.07) is 2.25. The average molecular weight is 329 g/mol. The Morgan fingerprint density at radius 1 is 1.17 bits per heavy atom. The molecule has 0 bridgehead atoms. The summed E-state index contributed by atoms with van der Waals surface area (Å²) in [7, 11) is 0. The van der Waals surface area contributed by atoms with E-state index >= 15 is 0 Å². The maximum Gasteiger partial charge on any atom is 0.181 e. The van der Waals surface area contributed by atoms with Gasteiger partial charge in [-0.2, -0.15) is 5.26 Å². The number of nitriles is 1. The number of hydrogen-bond acceptors (Lipinski definition) is 4. The smallest absolute Gasteiger partial charge is 0.181 e. The second-order valence-corrected chi connectivity index (χ2v) is 9.65. The number of rotatable bonds is 0. The molecule has 5 aliphatic rings. The lowest BCUT2D eigenvalue weighted by Gasteiger charge is -2.59. The Labute approximate surface area is 143 Å². The number of ketones is 1. The second-order valence-electron chi connectivity index (χ2n) is 9.65. The molecule has 0 radical (unpaired) electrons. The van der Waals surface area contributed by atoms with Crippen LogP contribution < -0.4 is 0 Å². The van der Waals surface area contributed by atoms with E-state index in [4.69, 9.17) is 4.74 Å². The molecule has 5 rings (SSSR count). The van der Waals surface area contributed by atoms with Gasteiger partial charge in [0.2, 0.25) is 0 Å². The van der Waals surface area contributed by atoms with Gasteiger partial charge in [0, 0.05) is 5.41 Å². The minimum Gasteiger partial charge on any atom is -0.393 e. The molecule has 130 valence electrons. The summed E-state index contributed by atoms with van der Waals surface area (Å²) < 4.78 is 6.07. The van der Waals surface area contributed by atoms with Gasteiger partial charge >= 0.3 is 0 Å². The number of fused-ring (bicyclic) bond motifs is 4. The maximum atomic E-state index is 12.4. The Kier molecular flexibility index (Phi) is 2.83. The predicted octanol–water partition coefficient (Wildman–Crippen LogP) is 2.84. The number of aliphatic hydroxyl groups excluding tert-OH is 1. The van der Waals surface area contributed by atoms with E-state index in [1.165, 1.54) is 0 Å². The predicted molar refractivity (Wildman–Crippen MR) is 86.7 cm³/mol. The fourth-order valence-electron chi connectivity index (χ4n) is 7.66. The summed E-state index contributed by atoms with van der Waals surface area (Å²) in [6.07, 6.45) is 6.53. The molecule has 1 aliphatic heterocycles. The third-order valence-corrected chi connectivity index (χ3v) is 9.10. The first-order chi connectivity index (χ1) is 11.4. The van der Waals surface area contributed by atoms with E-state index in [0.717, 1.165) is 38.5 Å². The number of Topliss-reactive ketones (excluding diaryl/α,β-unsaturated/α-hetero) is 1. The van der Waals surface area contributed by atoms with Crippen LogP contribution in [0.25, 0.3) is 0 Å². The monoisotopic (exact) mass is 329 g/mol. The zero-order valence-electron chi connectivity index (χ0n) is 14.6. The van der Waals surface area contributed by atoms with Crippen molar-refractivity contribution in [2.24, 2.45) is 34.5 Å². The quantitative estimate of drug-likeness (QED) is 0.694. The van der Waals surface area contributed by atoms with Crippen LogP contribution in [-0.2, 0) is 9.53 Å². The summed E-state index contributed by atoms with van der Waals surface area (Å²) in [5, 5.41) is 20.0. The number of aliphatic hydroxyl groups is 1. The molecular weight excluding hydrogens is 302 g/mol. The number of hydrogen-bond donors (Lipinski definition) is 1. The second kappa shape index (κ2) is 4.43. The van der Waals surface area contributed by atoms with Gasteiger partial charge < -0.3 is 9.84 Å². The average Bonchev–Trinajstić information content (AvgIpc) is 3.23. The van der Waals surface area contributed by atoms with Crippen molar-refractivity contribution in [1.29, 1.82) is 5.26 Å². The summed E-state index contributed by atoms with van der Waals surface area (Å²) in [4.78, 5) is 12.4. The first kappa shape index (κ1) is 15.3. The number of carbonyl (C=O) groups excluding carboxylic acids is 1. The molecule has 5 fully saturated rings.